The number of rotatable bonds is 3. The molecular weight excluding hydrogens is 262 g/mol. The van der Waals surface area contributed by atoms with E-state index < -0.39 is 5.91 Å². The zero-order valence-electron chi connectivity index (χ0n) is 10.5. The number of hydrogen-bond acceptors (Lipinski definition) is 3. The fourth-order valence-corrected chi connectivity index (χ4v) is 2.24. The fourth-order valence-electron chi connectivity index (χ4n) is 2.24. The molecule has 0 radical (unpaired) electrons. The van der Waals surface area contributed by atoms with E-state index in [2.05, 4.69) is 15.2 Å². The molecule has 1 aliphatic heterocycles. The van der Waals surface area contributed by atoms with E-state index in [0.29, 0.717) is 18.8 Å². The third-order valence-corrected chi connectivity index (χ3v) is 3.41. The molecule has 5 N–H and O–H groups in total. The molecule has 0 aliphatic carbocycles. The van der Waals surface area contributed by atoms with Gasteiger partial charge in [0, 0.05) is 30.8 Å². The van der Waals surface area contributed by atoms with Crippen molar-refractivity contribution >= 4 is 11.8 Å². The first-order valence-corrected chi connectivity index (χ1v) is 6.10. The van der Waals surface area contributed by atoms with Crippen molar-refractivity contribution in [3.63, 3.8) is 0 Å². The van der Waals surface area contributed by atoms with Gasteiger partial charge in [-0.3, -0.25) is 19.5 Å². The van der Waals surface area contributed by atoms with E-state index in [4.69, 9.17) is 5.73 Å². The van der Waals surface area contributed by atoms with E-state index in [9.17, 15) is 14.4 Å². The number of amides is 2. The van der Waals surface area contributed by atoms with Gasteiger partial charge in [0.05, 0.1) is 0 Å². The first-order chi connectivity index (χ1) is 9.54. The van der Waals surface area contributed by atoms with Crippen LogP contribution in [-0.4, -0.2) is 45.0 Å². The largest absolute Gasteiger partial charge is 0.364 e. The molecule has 1 fully saturated rings. The normalized spacial score (nSPS) is 15.1. The van der Waals surface area contributed by atoms with Gasteiger partial charge in [-0.05, 0) is 12.1 Å². The molecule has 1 aliphatic rings. The van der Waals surface area contributed by atoms with Gasteiger partial charge in [0.1, 0.15) is 11.4 Å². The maximum Gasteiger partial charge on any atom is 0.270 e. The van der Waals surface area contributed by atoms with Crippen molar-refractivity contribution in [2.24, 2.45) is 5.73 Å². The van der Waals surface area contributed by atoms with Crippen LogP contribution >= 0.6 is 0 Å². The molecule has 2 aromatic heterocycles. The molecule has 20 heavy (non-hydrogen) atoms. The lowest BCUT2D eigenvalue weighted by molar-refractivity contribution is 0.0593. The predicted octanol–water partition coefficient (Wildman–Crippen LogP) is -0.630. The third-order valence-electron chi connectivity index (χ3n) is 3.41. The lowest BCUT2D eigenvalue weighted by atomic mass is 9.96. The molecule has 2 amide bonds. The lowest BCUT2D eigenvalue weighted by Gasteiger charge is -2.38. The van der Waals surface area contributed by atoms with Crippen LogP contribution in [0, 0.1) is 0 Å². The maximum absolute atomic E-state index is 12.1. The smallest absolute Gasteiger partial charge is 0.270 e. The quantitative estimate of drug-likeness (QED) is 0.595. The Morgan fingerprint density at radius 3 is 2.45 bits per heavy atom. The number of carbonyl (C=O) groups excluding carboxylic acids is 2. The van der Waals surface area contributed by atoms with Crippen molar-refractivity contribution in [3.8, 4) is 0 Å². The number of nitrogens with two attached hydrogens (primary N) is 1. The second-order valence-corrected chi connectivity index (χ2v) is 4.77. The number of aromatic nitrogens is 3. The molecule has 8 nitrogen and oxygen atoms in total. The van der Waals surface area contributed by atoms with Gasteiger partial charge in [0.15, 0.2) is 0 Å². The second kappa shape index (κ2) is 4.41. The lowest BCUT2D eigenvalue weighted by Crippen LogP contribution is -2.48. The summed E-state index contributed by atoms with van der Waals surface area (Å²) in [6.45, 7) is 1.05. The topological polar surface area (TPSA) is 128 Å². The Bertz CT molecular complexity index is 719. The number of hydrogen-bond donors (Lipinski definition) is 4. The van der Waals surface area contributed by atoms with E-state index in [1.165, 1.54) is 18.2 Å². The Balaban J connectivity index is 1.65. The number of primary amides is 1. The minimum Gasteiger partial charge on any atom is -0.364 e. The van der Waals surface area contributed by atoms with Crippen molar-refractivity contribution in [1.29, 1.82) is 0 Å². The van der Waals surface area contributed by atoms with Crippen LogP contribution < -0.4 is 11.3 Å². The summed E-state index contributed by atoms with van der Waals surface area (Å²) < 4.78 is 0. The third kappa shape index (κ3) is 2.00. The Morgan fingerprint density at radius 2 is 1.90 bits per heavy atom. The average Bonchev–Trinajstić information content (AvgIpc) is 2.96. The number of nitrogens with zero attached hydrogens (tertiary/aromatic N) is 1. The predicted molar refractivity (Wildman–Crippen MR) is 69.4 cm³/mol. The molecule has 104 valence electrons. The highest BCUT2D eigenvalue weighted by Gasteiger charge is 2.33. The van der Waals surface area contributed by atoms with Crippen LogP contribution in [0.15, 0.2) is 23.0 Å². The molecule has 3 rings (SSSR count). The van der Waals surface area contributed by atoms with Crippen LogP contribution in [0.4, 0.5) is 0 Å². The molecule has 0 aromatic carbocycles. The molecule has 0 unspecified atom stereocenters. The van der Waals surface area contributed by atoms with E-state index in [-0.39, 0.29) is 23.1 Å². The number of likely N-dealkylation sites (tertiary alicyclic amines) is 1. The van der Waals surface area contributed by atoms with Gasteiger partial charge in [-0.1, -0.05) is 0 Å². The highest BCUT2D eigenvalue weighted by Crippen LogP contribution is 2.25. The Hall–Kier alpha value is -2.77. The van der Waals surface area contributed by atoms with Gasteiger partial charge in [-0.15, -0.1) is 0 Å². The minimum absolute atomic E-state index is 0.128. The van der Waals surface area contributed by atoms with Gasteiger partial charge < -0.3 is 20.7 Å². The van der Waals surface area contributed by atoms with Gasteiger partial charge in [0.25, 0.3) is 17.4 Å². The van der Waals surface area contributed by atoms with Crippen molar-refractivity contribution in [2.45, 2.75) is 5.92 Å². The summed E-state index contributed by atoms with van der Waals surface area (Å²) in [5.41, 5.74) is 6.27. The molecule has 8 heteroatoms. The Kier molecular flexibility index (Phi) is 2.70. The summed E-state index contributed by atoms with van der Waals surface area (Å²) in [6, 6.07) is 4.51. The molecule has 3 heterocycles. The molecular formula is C12H13N5O3. The minimum atomic E-state index is -0.601. The number of aromatic amines is 3. The molecule has 0 saturated carbocycles. The monoisotopic (exact) mass is 275 g/mol. The standard InChI is InChI=1S/C12H13N5O3/c13-11(19)7-1-2-8(14-7)12(20)17-4-6(5-17)9-3-10(18)16-15-9/h1-3,6,14H,4-5H2,(H2,13,19)(H2,15,16,18). The van der Waals surface area contributed by atoms with Gasteiger partial charge in [0.2, 0.25) is 0 Å². The molecule has 2 aromatic rings. The van der Waals surface area contributed by atoms with Crippen LogP contribution in [0.1, 0.15) is 32.6 Å². The van der Waals surface area contributed by atoms with Crippen molar-refractivity contribution < 1.29 is 9.59 Å². The summed E-state index contributed by atoms with van der Waals surface area (Å²) in [5, 5.41) is 5.25. The number of carbonyl (C=O) groups is 2. The molecule has 1 saturated heterocycles. The summed E-state index contributed by atoms with van der Waals surface area (Å²) in [5.74, 6) is -0.662. The first kappa shape index (κ1) is 12.3. The van der Waals surface area contributed by atoms with Gasteiger partial charge in [-0.25, -0.2) is 0 Å². The van der Waals surface area contributed by atoms with E-state index in [0.717, 1.165) is 5.69 Å². The highest BCUT2D eigenvalue weighted by atomic mass is 16.2. The summed E-state index contributed by atoms with van der Waals surface area (Å²) in [4.78, 5) is 38.4. The zero-order chi connectivity index (χ0) is 14.3. The van der Waals surface area contributed by atoms with Crippen LogP contribution in [0.5, 0.6) is 0 Å². The van der Waals surface area contributed by atoms with Crippen molar-refractivity contribution in [2.75, 3.05) is 13.1 Å². The first-order valence-electron chi connectivity index (χ1n) is 6.10. The number of nitrogens with one attached hydrogen (secondary N) is 3. The Morgan fingerprint density at radius 1 is 1.20 bits per heavy atom. The summed E-state index contributed by atoms with van der Waals surface area (Å²) >= 11 is 0. The van der Waals surface area contributed by atoms with Crippen LogP contribution in [0.25, 0.3) is 0 Å². The van der Waals surface area contributed by atoms with Crippen LogP contribution in [0.3, 0.4) is 0 Å². The van der Waals surface area contributed by atoms with Gasteiger partial charge in [-0.2, -0.15) is 0 Å². The maximum atomic E-state index is 12.1. The summed E-state index contributed by atoms with van der Waals surface area (Å²) in [6.07, 6.45) is 0. The molecule has 0 atom stereocenters. The Labute approximate surface area is 112 Å². The second-order valence-electron chi connectivity index (χ2n) is 4.77. The fraction of sp³-hybridized carbons (Fsp3) is 0.250. The van der Waals surface area contributed by atoms with Gasteiger partial charge >= 0.3 is 0 Å². The highest BCUT2D eigenvalue weighted by molar-refractivity contribution is 5.97. The molecule has 0 bridgehead atoms. The SMILES string of the molecule is NC(=O)c1ccc(C(=O)N2CC(c3cc(=O)[nH][nH]3)C2)[nH]1. The summed E-state index contributed by atoms with van der Waals surface area (Å²) in [7, 11) is 0. The number of H-pyrrole nitrogens is 3. The van der Waals surface area contributed by atoms with E-state index in [1.807, 2.05) is 0 Å². The van der Waals surface area contributed by atoms with Crippen LogP contribution in [0.2, 0.25) is 0 Å². The molecule has 0 spiro atoms. The average molecular weight is 275 g/mol. The van der Waals surface area contributed by atoms with E-state index in [1.54, 1.807) is 4.90 Å². The van der Waals surface area contributed by atoms with Crippen LogP contribution in [-0.2, 0) is 0 Å². The van der Waals surface area contributed by atoms with Crippen molar-refractivity contribution in [1.82, 2.24) is 20.1 Å². The van der Waals surface area contributed by atoms with E-state index >= 15 is 0 Å². The van der Waals surface area contributed by atoms with Crippen molar-refractivity contribution in [3.05, 3.63) is 45.6 Å². The zero-order valence-corrected chi connectivity index (χ0v) is 10.5.